The number of fused-ring (bicyclic) bond motifs is 1. The highest BCUT2D eigenvalue weighted by Crippen LogP contribution is 2.23. The number of aromatic nitrogens is 1. The molecule has 6 N–H and O–H groups in total. The number of hydrogen-bond donors (Lipinski definition) is 4. The number of thiazole rings is 1. The van der Waals surface area contributed by atoms with Gasteiger partial charge in [-0.3, -0.25) is 4.79 Å². The number of anilines is 1. The minimum atomic E-state index is -1.02. The van der Waals surface area contributed by atoms with Crippen molar-refractivity contribution >= 4 is 33.2 Å². The number of nitrogens with two attached hydrogens (primary N) is 2. The number of phenols is 1. The number of carboxylic acids is 1. The molecule has 25 heavy (non-hydrogen) atoms. The number of aliphatic carboxylic acids is 1. The molecule has 0 unspecified atom stereocenters. The van der Waals surface area contributed by atoms with Crippen molar-refractivity contribution in [3.05, 3.63) is 53.0 Å². The lowest BCUT2D eigenvalue weighted by Gasteiger charge is -2.05. The summed E-state index contributed by atoms with van der Waals surface area (Å²) in [6.07, 6.45) is 0.273. The predicted molar refractivity (Wildman–Crippen MR) is 96.2 cm³/mol. The Hall–Kier alpha value is -3.15. The minimum Gasteiger partial charge on any atom is -0.508 e. The molecule has 0 radical (unpaired) electrons. The number of rotatable bonds is 3. The summed E-state index contributed by atoms with van der Waals surface area (Å²) in [5.41, 5.74) is 13.2. The Balaban J connectivity index is 0.000000181. The van der Waals surface area contributed by atoms with E-state index in [-0.39, 0.29) is 12.2 Å². The van der Waals surface area contributed by atoms with E-state index >= 15 is 0 Å². The lowest BCUT2D eigenvalue weighted by atomic mass is 10.1. The molecule has 1 aromatic heterocycles. The van der Waals surface area contributed by atoms with Crippen LogP contribution < -0.4 is 11.5 Å². The molecule has 1 atom stereocenters. The molecule has 8 heteroatoms. The van der Waals surface area contributed by atoms with Crippen LogP contribution in [0.3, 0.4) is 0 Å². The van der Waals surface area contributed by atoms with Crippen molar-refractivity contribution in [1.82, 2.24) is 4.98 Å². The van der Waals surface area contributed by atoms with E-state index < -0.39 is 12.0 Å². The number of aromatic hydroxyl groups is 1. The van der Waals surface area contributed by atoms with E-state index in [0.29, 0.717) is 10.7 Å². The fourth-order valence-corrected chi connectivity index (χ4v) is 2.77. The molecule has 0 spiro atoms. The monoisotopic (exact) mass is 356 g/mol. The number of nitrogens with zero attached hydrogens (tertiary/aromatic N) is 2. The SMILES string of the molecule is N#Cc1nc2ccc(N)cc2s1.N[C@@H](Cc1ccc(O)cc1)C(=O)O. The zero-order valence-corrected chi connectivity index (χ0v) is 13.9. The lowest BCUT2D eigenvalue weighted by molar-refractivity contribution is -0.138. The largest absolute Gasteiger partial charge is 0.508 e. The van der Waals surface area contributed by atoms with Crippen LogP contribution in [0.1, 0.15) is 10.6 Å². The van der Waals surface area contributed by atoms with Crippen LogP contribution in [0.4, 0.5) is 5.69 Å². The highest BCUT2D eigenvalue weighted by molar-refractivity contribution is 7.19. The van der Waals surface area contributed by atoms with Gasteiger partial charge in [-0.05, 0) is 42.3 Å². The molecular formula is C17H16N4O3S. The van der Waals surface area contributed by atoms with Crippen LogP contribution in [-0.4, -0.2) is 27.2 Å². The Kier molecular flexibility index (Phi) is 5.89. The number of phenolic OH excluding ortho intramolecular Hbond substituents is 1. The molecule has 0 amide bonds. The van der Waals surface area contributed by atoms with E-state index in [2.05, 4.69) is 4.98 Å². The number of benzene rings is 2. The average Bonchev–Trinajstić information content (AvgIpc) is 2.99. The summed E-state index contributed by atoms with van der Waals surface area (Å²) >= 11 is 1.36. The molecule has 0 aliphatic heterocycles. The van der Waals surface area contributed by atoms with Gasteiger partial charge in [0.1, 0.15) is 17.9 Å². The van der Waals surface area contributed by atoms with E-state index in [1.54, 1.807) is 18.2 Å². The molecule has 7 nitrogen and oxygen atoms in total. The van der Waals surface area contributed by atoms with E-state index in [1.165, 1.54) is 23.5 Å². The third kappa shape index (κ3) is 5.17. The summed E-state index contributed by atoms with van der Waals surface area (Å²) in [6, 6.07) is 12.9. The van der Waals surface area contributed by atoms with Gasteiger partial charge < -0.3 is 21.7 Å². The van der Waals surface area contributed by atoms with Gasteiger partial charge in [0.05, 0.1) is 10.2 Å². The summed E-state index contributed by atoms with van der Waals surface area (Å²) in [4.78, 5) is 14.5. The summed E-state index contributed by atoms with van der Waals surface area (Å²) < 4.78 is 0.964. The summed E-state index contributed by atoms with van der Waals surface area (Å²) in [5.74, 6) is -0.860. The Morgan fingerprint density at radius 1 is 1.28 bits per heavy atom. The maximum Gasteiger partial charge on any atom is 0.320 e. The fraction of sp³-hybridized carbons (Fsp3) is 0.118. The predicted octanol–water partition coefficient (Wildman–Crippen LogP) is 2.10. The van der Waals surface area contributed by atoms with E-state index in [1.807, 2.05) is 18.2 Å². The molecule has 0 aliphatic carbocycles. The zero-order valence-electron chi connectivity index (χ0n) is 13.1. The molecule has 0 bridgehead atoms. The van der Waals surface area contributed by atoms with E-state index in [0.717, 1.165) is 15.8 Å². The molecule has 2 aromatic carbocycles. The first-order valence-corrected chi connectivity index (χ1v) is 8.03. The maximum absolute atomic E-state index is 10.4. The van der Waals surface area contributed by atoms with Crippen molar-refractivity contribution in [2.45, 2.75) is 12.5 Å². The van der Waals surface area contributed by atoms with Crippen molar-refractivity contribution in [2.75, 3.05) is 5.73 Å². The normalized spacial score (nSPS) is 11.2. The van der Waals surface area contributed by atoms with Gasteiger partial charge in [0.15, 0.2) is 5.01 Å². The van der Waals surface area contributed by atoms with Gasteiger partial charge >= 0.3 is 5.97 Å². The van der Waals surface area contributed by atoms with Crippen molar-refractivity contribution in [3.63, 3.8) is 0 Å². The second-order valence-electron chi connectivity index (χ2n) is 5.17. The molecule has 3 rings (SSSR count). The summed E-state index contributed by atoms with van der Waals surface area (Å²) in [5, 5.41) is 26.5. The van der Waals surface area contributed by atoms with Gasteiger partial charge in [0.2, 0.25) is 0 Å². The van der Waals surface area contributed by atoms with Crippen molar-refractivity contribution in [1.29, 1.82) is 5.26 Å². The smallest absolute Gasteiger partial charge is 0.320 e. The molecule has 128 valence electrons. The Bertz CT molecular complexity index is 916. The lowest BCUT2D eigenvalue weighted by Crippen LogP contribution is -2.32. The zero-order chi connectivity index (χ0) is 18.4. The van der Waals surface area contributed by atoms with Crippen LogP contribution in [0.25, 0.3) is 10.2 Å². The summed E-state index contributed by atoms with van der Waals surface area (Å²) in [7, 11) is 0. The van der Waals surface area contributed by atoms with Crippen molar-refractivity contribution < 1.29 is 15.0 Å². The fourth-order valence-electron chi connectivity index (χ4n) is 1.96. The van der Waals surface area contributed by atoms with E-state index in [9.17, 15) is 4.79 Å². The van der Waals surface area contributed by atoms with Crippen LogP contribution in [-0.2, 0) is 11.2 Å². The second kappa shape index (κ2) is 8.10. The van der Waals surface area contributed by atoms with Gasteiger partial charge in [-0.25, -0.2) is 4.98 Å². The quantitative estimate of drug-likeness (QED) is 0.525. The van der Waals surface area contributed by atoms with Crippen LogP contribution >= 0.6 is 11.3 Å². The number of carboxylic acid groups (broad SMARTS) is 1. The first kappa shape index (κ1) is 18.2. The number of nitriles is 1. The number of nitrogen functional groups attached to an aromatic ring is 1. The van der Waals surface area contributed by atoms with Gasteiger partial charge in [-0.1, -0.05) is 12.1 Å². The highest BCUT2D eigenvalue weighted by Gasteiger charge is 2.11. The topological polar surface area (TPSA) is 146 Å². The molecular weight excluding hydrogens is 340 g/mol. The molecule has 0 fully saturated rings. The maximum atomic E-state index is 10.4. The Morgan fingerprint density at radius 2 is 1.96 bits per heavy atom. The third-order valence-electron chi connectivity index (χ3n) is 3.22. The van der Waals surface area contributed by atoms with E-state index in [4.69, 9.17) is 26.9 Å². The van der Waals surface area contributed by atoms with Gasteiger partial charge in [0, 0.05) is 5.69 Å². The van der Waals surface area contributed by atoms with Crippen LogP contribution in [0, 0.1) is 11.3 Å². The van der Waals surface area contributed by atoms with Crippen molar-refractivity contribution in [2.24, 2.45) is 5.73 Å². The number of carbonyl (C=O) groups is 1. The molecule has 0 saturated heterocycles. The molecule has 1 heterocycles. The average molecular weight is 356 g/mol. The van der Waals surface area contributed by atoms with Gasteiger partial charge in [-0.2, -0.15) is 5.26 Å². The second-order valence-corrected chi connectivity index (χ2v) is 6.20. The first-order valence-electron chi connectivity index (χ1n) is 7.21. The molecule has 3 aromatic rings. The third-order valence-corrected chi connectivity index (χ3v) is 4.14. The van der Waals surface area contributed by atoms with Gasteiger partial charge in [-0.15, -0.1) is 11.3 Å². The Morgan fingerprint density at radius 3 is 2.56 bits per heavy atom. The van der Waals surface area contributed by atoms with Crippen molar-refractivity contribution in [3.8, 4) is 11.8 Å². The number of hydrogen-bond acceptors (Lipinski definition) is 7. The Labute approximate surface area is 147 Å². The molecule has 0 aliphatic rings. The minimum absolute atomic E-state index is 0.160. The van der Waals surface area contributed by atoms with Crippen LogP contribution in [0.2, 0.25) is 0 Å². The first-order chi connectivity index (χ1) is 11.9. The molecule has 0 saturated carbocycles. The van der Waals surface area contributed by atoms with Gasteiger partial charge in [0.25, 0.3) is 0 Å². The van der Waals surface area contributed by atoms with Crippen LogP contribution in [0.15, 0.2) is 42.5 Å². The highest BCUT2D eigenvalue weighted by atomic mass is 32.1. The summed E-state index contributed by atoms with van der Waals surface area (Å²) in [6.45, 7) is 0. The van der Waals surface area contributed by atoms with Crippen LogP contribution in [0.5, 0.6) is 5.75 Å². The standard InChI is InChI=1S/C9H11NO3.C8H5N3S/c10-8(9(12)13)5-6-1-3-7(11)4-2-6;9-4-8-11-6-2-1-5(10)3-7(6)12-8/h1-4,8,11H,5,10H2,(H,12,13);1-3H,10H2/t8-;/m0./s1.